The highest BCUT2D eigenvalue weighted by Gasteiger charge is 2.31. The topological polar surface area (TPSA) is 86.8 Å². The van der Waals surface area contributed by atoms with Gasteiger partial charge in [-0.3, -0.25) is 13.9 Å². The molecule has 2 aromatic carbocycles. The molecule has 2 amide bonds. The smallest absolute Gasteiger partial charge is 0.244 e. The SMILES string of the molecule is C[C@H](C(=O)NC1CCCC1)N(Cc1ccc(Cl)cc1Cl)C(=O)CN(c1ccc(I)cc1)S(C)(=O)=O. The second kappa shape index (κ2) is 12.1. The quantitative estimate of drug-likeness (QED) is 0.393. The molecule has 11 heteroatoms. The lowest BCUT2D eigenvalue weighted by Crippen LogP contribution is -2.52. The molecule has 190 valence electrons. The molecular formula is C24H28Cl2IN3O4S. The first-order chi connectivity index (χ1) is 16.5. The number of carbonyl (C=O) groups is 2. The van der Waals surface area contributed by atoms with Crippen molar-refractivity contribution in [2.45, 2.75) is 51.2 Å². The Bertz CT molecular complexity index is 1170. The lowest BCUT2D eigenvalue weighted by Gasteiger charge is -2.32. The summed E-state index contributed by atoms with van der Waals surface area (Å²) >= 11 is 14.5. The molecule has 1 aliphatic rings. The molecule has 1 atom stereocenters. The molecule has 35 heavy (non-hydrogen) atoms. The van der Waals surface area contributed by atoms with E-state index in [0.29, 0.717) is 21.3 Å². The molecule has 0 aromatic heterocycles. The number of sulfonamides is 1. The van der Waals surface area contributed by atoms with Crippen molar-refractivity contribution in [2.75, 3.05) is 17.1 Å². The van der Waals surface area contributed by atoms with E-state index in [-0.39, 0.29) is 18.5 Å². The zero-order chi connectivity index (χ0) is 25.8. The van der Waals surface area contributed by atoms with Crippen LogP contribution in [-0.4, -0.2) is 50.0 Å². The minimum atomic E-state index is -3.77. The predicted octanol–water partition coefficient (Wildman–Crippen LogP) is 4.84. The van der Waals surface area contributed by atoms with Crippen molar-refractivity contribution in [1.82, 2.24) is 10.2 Å². The molecule has 3 rings (SSSR count). The maximum absolute atomic E-state index is 13.6. The predicted molar refractivity (Wildman–Crippen MR) is 148 cm³/mol. The zero-order valence-electron chi connectivity index (χ0n) is 19.5. The Hall–Kier alpha value is -1.56. The van der Waals surface area contributed by atoms with Crippen molar-refractivity contribution in [1.29, 1.82) is 0 Å². The number of hydrogen-bond acceptors (Lipinski definition) is 4. The van der Waals surface area contributed by atoms with E-state index in [1.165, 1.54) is 4.90 Å². The normalized spacial score (nSPS) is 15.0. The van der Waals surface area contributed by atoms with E-state index < -0.39 is 28.5 Å². The van der Waals surface area contributed by atoms with Gasteiger partial charge in [-0.2, -0.15) is 0 Å². The fraction of sp³-hybridized carbons (Fsp3) is 0.417. The number of hydrogen-bond donors (Lipinski definition) is 1. The van der Waals surface area contributed by atoms with Gasteiger partial charge in [0.05, 0.1) is 11.9 Å². The van der Waals surface area contributed by atoms with Crippen LogP contribution in [0.3, 0.4) is 0 Å². The number of amides is 2. The van der Waals surface area contributed by atoms with Crippen LogP contribution < -0.4 is 9.62 Å². The minimum Gasteiger partial charge on any atom is -0.352 e. The maximum Gasteiger partial charge on any atom is 0.244 e. The molecule has 2 aromatic rings. The largest absolute Gasteiger partial charge is 0.352 e. The van der Waals surface area contributed by atoms with Gasteiger partial charge >= 0.3 is 0 Å². The first-order valence-corrected chi connectivity index (χ1v) is 14.9. The van der Waals surface area contributed by atoms with Crippen molar-refractivity contribution >= 4 is 73.3 Å². The second-order valence-corrected chi connectivity index (χ2v) is 12.7. The Labute approximate surface area is 230 Å². The van der Waals surface area contributed by atoms with E-state index in [0.717, 1.165) is 39.8 Å². The highest BCUT2D eigenvalue weighted by molar-refractivity contribution is 14.1. The van der Waals surface area contributed by atoms with Crippen LogP contribution in [0, 0.1) is 3.57 Å². The van der Waals surface area contributed by atoms with Gasteiger partial charge in [-0.25, -0.2) is 8.42 Å². The summed E-state index contributed by atoms with van der Waals surface area (Å²) in [5.41, 5.74) is 0.971. The number of rotatable bonds is 9. The summed E-state index contributed by atoms with van der Waals surface area (Å²) < 4.78 is 27.2. The number of benzene rings is 2. The number of anilines is 1. The highest BCUT2D eigenvalue weighted by atomic mass is 127. The summed E-state index contributed by atoms with van der Waals surface area (Å²) in [6.45, 7) is 1.21. The molecule has 0 radical (unpaired) electrons. The lowest BCUT2D eigenvalue weighted by atomic mass is 10.1. The van der Waals surface area contributed by atoms with Gasteiger partial charge in [0, 0.05) is 26.2 Å². The highest BCUT2D eigenvalue weighted by Crippen LogP contribution is 2.25. The third-order valence-electron chi connectivity index (χ3n) is 6.02. The Morgan fingerprint density at radius 2 is 1.74 bits per heavy atom. The zero-order valence-corrected chi connectivity index (χ0v) is 24.0. The lowest BCUT2D eigenvalue weighted by molar-refractivity contribution is -0.139. The Morgan fingerprint density at radius 1 is 1.11 bits per heavy atom. The standard InChI is InChI=1S/C24H28Cl2IN3O4S/c1-16(24(32)28-20-5-3-4-6-20)29(14-17-7-8-18(25)13-22(17)26)23(31)15-30(35(2,33)34)21-11-9-19(27)10-12-21/h7-13,16,20H,3-6,14-15H2,1-2H3,(H,28,32)/t16-/m1/s1. The van der Waals surface area contributed by atoms with Gasteiger partial charge in [-0.1, -0.05) is 42.1 Å². The molecule has 1 fully saturated rings. The van der Waals surface area contributed by atoms with Gasteiger partial charge in [0.15, 0.2) is 0 Å². The van der Waals surface area contributed by atoms with E-state index in [2.05, 4.69) is 27.9 Å². The van der Waals surface area contributed by atoms with Gasteiger partial charge < -0.3 is 10.2 Å². The minimum absolute atomic E-state index is 0.0262. The van der Waals surface area contributed by atoms with Crippen molar-refractivity contribution in [3.05, 3.63) is 61.6 Å². The van der Waals surface area contributed by atoms with Gasteiger partial charge in [-0.15, -0.1) is 0 Å². The Balaban J connectivity index is 1.89. The fourth-order valence-corrected chi connectivity index (χ4v) is 5.71. The molecule has 1 aliphatic carbocycles. The van der Waals surface area contributed by atoms with Crippen LogP contribution in [0.5, 0.6) is 0 Å². The van der Waals surface area contributed by atoms with Gasteiger partial charge in [0.25, 0.3) is 0 Å². The van der Waals surface area contributed by atoms with Crippen molar-refractivity contribution in [2.24, 2.45) is 0 Å². The van der Waals surface area contributed by atoms with Crippen LogP contribution in [0.25, 0.3) is 0 Å². The fourth-order valence-electron chi connectivity index (χ4n) is 4.03. The summed E-state index contributed by atoms with van der Waals surface area (Å²) in [7, 11) is -3.77. The van der Waals surface area contributed by atoms with Gasteiger partial charge in [-0.05, 0) is 84.3 Å². The van der Waals surface area contributed by atoms with E-state index in [9.17, 15) is 18.0 Å². The summed E-state index contributed by atoms with van der Waals surface area (Å²) in [4.78, 5) is 28.0. The molecular weight excluding hydrogens is 624 g/mol. The molecule has 0 spiro atoms. The van der Waals surface area contributed by atoms with E-state index in [1.807, 2.05) is 0 Å². The van der Waals surface area contributed by atoms with Crippen molar-refractivity contribution < 1.29 is 18.0 Å². The van der Waals surface area contributed by atoms with Crippen LogP contribution in [0.15, 0.2) is 42.5 Å². The molecule has 1 N–H and O–H groups in total. The molecule has 0 aliphatic heterocycles. The van der Waals surface area contributed by atoms with Crippen molar-refractivity contribution in [3.63, 3.8) is 0 Å². The average Bonchev–Trinajstić information content (AvgIpc) is 3.29. The summed E-state index contributed by atoms with van der Waals surface area (Å²) in [5, 5.41) is 3.83. The summed E-state index contributed by atoms with van der Waals surface area (Å²) in [5.74, 6) is -0.801. The Kier molecular flexibility index (Phi) is 9.70. The van der Waals surface area contributed by atoms with Crippen LogP contribution >= 0.6 is 45.8 Å². The first-order valence-electron chi connectivity index (χ1n) is 11.2. The molecule has 0 bridgehead atoms. The summed E-state index contributed by atoms with van der Waals surface area (Å²) in [6, 6.07) is 11.0. The first kappa shape index (κ1) is 28.0. The van der Waals surface area contributed by atoms with Crippen LogP contribution in [0.2, 0.25) is 10.0 Å². The molecule has 0 unspecified atom stereocenters. The van der Waals surface area contributed by atoms with Crippen LogP contribution in [0.1, 0.15) is 38.2 Å². The summed E-state index contributed by atoms with van der Waals surface area (Å²) in [6.07, 6.45) is 4.98. The average molecular weight is 652 g/mol. The molecule has 0 heterocycles. The molecule has 0 saturated heterocycles. The monoisotopic (exact) mass is 651 g/mol. The third kappa shape index (κ3) is 7.71. The number of halogens is 3. The molecule has 7 nitrogen and oxygen atoms in total. The van der Waals surface area contributed by atoms with E-state index >= 15 is 0 Å². The number of nitrogens with zero attached hydrogens (tertiary/aromatic N) is 2. The number of nitrogens with one attached hydrogen (secondary N) is 1. The Morgan fingerprint density at radius 3 is 2.31 bits per heavy atom. The van der Waals surface area contributed by atoms with E-state index in [4.69, 9.17) is 23.2 Å². The number of carbonyl (C=O) groups excluding carboxylic acids is 2. The van der Waals surface area contributed by atoms with Crippen molar-refractivity contribution in [3.8, 4) is 0 Å². The third-order valence-corrected chi connectivity index (χ3v) is 8.47. The van der Waals surface area contributed by atoms with Crippen LogP contribution in [-0.2, 0) is 26.2 Å². The molecule has 1 saturated carbocycles. The van der Waals surface area contributed by atoms with E-state index in [1.54, 1.807) is 49.4 Å². The van der Waals surface area contributed by atoms with Gasteiger partial charge in [0.1, 0.15) is 12.6 Å². The van der Waals surface area contributed by atoms with Crippen LogP contribution in [0.4, 0.5) is 5.69 Å². The second-order valence-electron chi connectivity index (χ2n) is 8.67. The maximum atomic E-state index is 13.6. The van der Waals surface area contributed by atoms with Gasteiger partial charge in [0.2, 0.25) is 21.8 Å².